The number of hydrogen-bond donors (Lipinski definition) is 0. The molecule has 2 rings (SSSR count). The van der Waals surface area contributed by atoms with Crippen LogP contribution in [0.3, 0.4) is 0 Å². The van der Waals surface area contributed by atoms with Gasteiger partial charge in [-0.25, -0.2) is 4.79 Å². The van der Waals surface area contributed by atoms with Crippen molar-refractivity contribution in [2.24, 2.45) is 10.9 Å². The number of anilines is 1. The predicted octanol–water partition coefficient (Wildman–Crippen LogP) is 3.86. The van der Waals surface area contributed by atoms with Gasteiger partial charge in [0.25, 0.3) is 0 Å². The zero-order valence-corrected chi connectivity index (χ0v) is 15.7. The van der Waals surface area contributed by atoms with Crippen molar-refractivity contribution in [1.29, 1.82) is 5.26 Å². The Morgan fingerprint density at radius 2 is 1.93 bits per heavy atom. The molecule has 0 saturated carbocycles. The van der Waals surface area contributed by atoms with Crippen molar-refractivity contribution >= 4 is 29.7 Å². The van der Waals surface area contributed by atoms with Crippen LogP contribution in [-0.2, 0) is 20.9 Å². The van der Waals surface area contributed by atoms with Crippen LogP contribution in [0.2, 0.25) is 0 Å². The number of hydrogen-bond acceptors (Lipinski definition) is 6. The van der Waals surface area contributed by atoms with E-state index in [1.165, 1.54) is 11.1 Å². The van der Waals surface area contributed by atoms with E-state index in [4.69, 9.17) is 14.7 Å². The lowest BCUT2D eigenvalue weighted by molar-refractivity contribution is -0.143. The highest BCUT2D eigenvalue weighted by atomic mass is 16.6. The topological polar surface area (TPSA) is 92.0 Å². The molecule has 0 saturated heterocycles. The first-order valence-electron chi connectivity index (χ1n) is 8.70. The molecular weight excluding hydrogens is 358 g/mol. The molecule has 1 unspecified atom stereocenters. The monoisotopic (exact) mass is 379 g/mol. The molecule has 0 aliphatic carbocycles. The van der Waals surface area contributed by atoms with Crippen LogP contribution in [-0.4, -0.2) is 31.9 Å². The van der Waals surface area contributed by atoms with Crippen LogP contribution in [0.5, 0.6) is 0 Å². The number of rotatable bonds is 7. The van der Waals surface area contributed by atoms with E-state index < -0.39 is 18.0 Å². The molecule has 0 aromatic heterocycles. The van der Waals surface area contributed by atoms with Gasteiger partial charge in [0.2, 0.25) is 0 Å². The van der Waals surface area contributed by atoms with Crippen molar-refractivity contribution in [1.82, 2.24) is 0 Å². The third kappa shape index (κ3) is 5.95. The van der Waals surface area contributed by atoms with E-state index in [1.807, 2.05) is 36.4 Å². The van der Waals surface area contributed by atoms with E-state index in [9.17, 15) is 9.59 Å². The average Bonchev–Trinajstić information content (AvgIpc) is 2.73. The summed E-state index contributed by atoms with van der Waals surface area (Å²) < 4.78 is 10.1. The molecule has 28 heavy (non-hydrogen) atoms. The molecule has 1 atom stereocenters. The highest BCUT2D eigenvalue weighted by Crippen LogP contribution is 2.21. The molecule has 0 radical (unpaired) electrons. The number of carbonyl (C=O) groups is 2. The van der Waals surface area contributed by atoms with Crippen molar-refractivity contribution in [3.05, 3.63) is 60.2 Å². The van der Waals surface area contributed by atoms with Crippen LogP contribution in [0.15, 0.2) is 59.6 Å². The minimum atomic E-state index is -1.09. The maximum atomic E-state index is 12.3. The maximum absolute atomic E-state index is 12.3. The molecule has 2 aromatic carbocycles. The van der Waals surface area contributed by atoms with Crippen molar-refractivity contribution in [2.45, 2.75) is 13.5 Å². The van der Waals surface area contributed by atoms with Gasteiger partial charge in [0.05, 0.1) is 18.4 Å². The Labute approximate surface area is 163 Å². The van der Waals surface area contributed by atoms with E-state index in [0.717, 1.165) is 5.56 Å². The SMILES string of the molecule is CCOC(=O)C(C#N)C=Nc1cccc(N(C)C(=O)OCc2ccccc2)c1. The van der Waals surface area contributed by atoms with Gasteiger partial charge in [0.15, 0.2) is 5.92 Å². The van der Waals surface area contributed by atoms with Gasteiger partial charge < -0.3 is 9.47 Å². The lowest BCUT2D eigenvalue weighted by Gasteiger charge is -2.17. The first-order valence-corrected chi connectivity index (χ1v) is 8.70. The molecule has 0 aliphatic heterocycles. The summed E-state index contributed by atoms with van der Waals surface area (Å²) in [5.41, 5.74) is 1.95. The number of amides is 1. The van der Waals surface area contributed by atoms with Crippen molar-refractivity contribution < 1.29 is 19.1 Å². The van der Waals surface area contributed by atoms with Crippen molar-refractivity contribution in [2.75, 3.05) is 18.6 Å². The fourth-order valence-electron chi connectivity index (χ4n) is 2.24. The molecular formula is C21H21N3O4. The van der Waals surface area contributed by atoms with Crippen LogP contribution in [0.25, 0.3) is 0 Å². The second-order valence-corrected chi connectivity index (χ2v) is 5.76. The first kappa shape index (κ1) is 20.6. The first-order chi connectivity index (χ1) is 13.5. The molecule has 7 nitrogen and oxygen atoms in total. The van der Waals surface area contributed by atoms with E-state index >= 15 is 0 Å². The molecule has 0 fully saturated rings. The summed E-state index contributed by atoms with van der Waals surface area (Å²) in [6, 6.07) is 18.0. The van der Waals surface area contributed by atoms with Gasteiger partial charge in [-0.2, -0.15) is 5.26 Å². The van der Waals surface area contributed by atoms with E-state index in [-0.39, 0.29) is 13.2 Å². The number of nitriles is 1. The molecule has 144 valence electrons. The minimum absolute atomic E-state index is 0.172. The van der Waals surface area contributed by atoms with Crippen molar-refractivity contribution in [3.63, 3.8) is 0 Å². The Morgan fingerprint density at radius 3 is 2.61 bits per heavy atom. The number of aliphatic imine (C=N–C) groups is 1. The Balaban J connectivity index is 2.02. The number of benzene rings is 2. The largest absolute Gasteiger partial charge is 0.465 e. The van der Waals surface area contributed by atoms with Gasteiger partial charge in [-0.15, -0.1) is 0 Å². The summed E-state index contributed by atoms with van der Waals surface area (Å²) in [4.78, 5) is 29.4. The molecule has 0 spiro atoms. The standard InChI is InChI=1S/C21H21N3O4/c1-3-27-20(25)17(13-22)14-23-18-10-7-11-19(12-18)24(2)21(26)28-15-16-8-5-4-6-9-16/h4-12,14,17H,3,15H2,1-2H3. The molecule has 1 amide bonds. The van der Waals surface area contributed by atoms with Gasteiger partial charge in [-0.1, -0.05) is 36.4 Å². The Hall–Kier alpha value is -3.66. The molecule has 7 heteroatoms. The highest BCUT2D eigenvalue weighted by molar-refractivity contribution is 5.94. The second kappa shape index (κ2) is 10.5. The zero-order chi connectivity index (χ0) is 20.4. The third-order valence-electron chi connectivity index (χ3n) is 3.75. The summed E-state index contributed by atoms with van der Waals surface area (Å²) in [5.74, 6) is -1.73. The van der Waals surface area contributed by atoms with Gasteiger partial charge in [-0.3, -0.25) is 14.7 Å². The number of ether oxygens (including phenoxy) is 2. The smallest absolute Gasteiger partial charge is 0.414 e. The zero-order valence-electron chi connectivity index (χ0n) is 15.7. The lowest BCUT2D eigenvalue weighted by Crippen LogP contribution is -2.26. The highest BCUT2D eigenvalue weighted by Gasteiger charge is 2.17. The van der Waals surface area contributed by atoms with Crippen LogP contribution in [0.4, 0.5) is 16.2 Å². The maximum Gasteiger partial charge on any atom is 0.414 e. The van der Waals surface area contributed by atoms with Gasteiger partial charge in [0, 0.05) is 18.9 Å². The van der Waals surface area contributed by atoms with Crippen molar-refractivity contribution in [3.8, 4) is 6.07 Å². The molecule has 0 bridgehead atoms. The lowest BCUT2D eigenvalue weighted by atomic mass is 10.2. The summed E-state index contributed by atoms with van der Waals surface area (Å²) >= 11 is 0. The summed E-state index contributed by atoms with van der Waals surface area (Å²) in [6.45, 7) is 2.03. The van der Waals surface area contributed by atoms with Crippen LogP contribution >= 0.6 is 0 Å². The normalized spacial score (nSPS) is 11.5. The predicted molar refractivity (Wildman–Crippen MR) is 105 cm³/mol. The van der Waals surface area contributed by atoms with Crippen LogP contribution in [0, 0.1) is 17.2 Å². The average molecular weight is 379 g/mol. The third-order valence-corrected chi connectivity index (χ3v) is 3.75. The van der Waals surface area contributed by atoms with Crippen LogP contribution < -0.4 is 4.90 Å². The van der Waals surface area contributed by atoms with Gasteiger partial charge in [0.1, 0.15) is 6.61 Å². The summed E-state index contributed by atoms with van der Waals surface area (Å²) in [5, 5.41) is 9.06. The number of carbonyl (C=O) groups excluding carboxylic acids is 2. The quantitative estimate of drug-likeness (QED) is 0.538. The van der Waals surface area contributed by atoms with Gasteiger partial charge in [-0.05, 0) is 30.7 Å². The van der Waals surface area contributed by atoms with E-state index in [0.29, 0.717) is 11.4 Å². The van der Waals surface area contributed by atoms with E-state index in [2.05, 4.69) is 4.99 Å². The fraction of sp³-hybridized carbons (Fsp3) is 0.238. The Kier molecular flexibility index (Phi) is 7.73. The van der Waals surface area contributed by atoms with Gasteiger partial charge >= 0.3 is 12.1 Å². The second-order valence-electron chi connectivity index (χ2n) is 5.76. The fourth-order valence-corrected chi connectivity index (χ4v) is 2.24. The number of esters is 1. The molecule has 0 heterocycles. The number of nitrogens with zero attached hydrogens (tertiary/aromatic N) is 3. The molecule has 0 N–H and O–H groups in total. The minimum Gasteiger partial charge on any atom is -0.465 e. The molecule has 0 aliphatic rings. The van der Waals surface area contributed by atoms with E-state index in [1.54, 1.807) is 38.2 Å². The Bertz CT molecular complexity index is 875. The molecule has 2 aromatic rings. The van der Waals surface area contributed by atoms with Crippen LogP contribution in [0.1, 0.15) is 12.5 Å². The Morgan fingerprint density at radius 1 is 1.18 bits per heavy atom. The summed E-state index contributed by atoms with van der Waals surface area (Å²) in [7, 11) is 1.59. The summed E-state index contributed by atoms with van der Waals surface area (Å²) in [6.07, 6.45) is 0.719.